The maximum atomic E-state index is 12.1. The van der Waals surface area contributed by atoms with Crippen LogP contribution in [0.25, 0.3) is 0 Å². The lowest BCUT2D eigenvalue weighted by atomic mass is 9.88. The van der Waals surface area contributed by atoms with Gasteiger partial charge in [-0.3, -0.25) is 9.79 Å². The molecule has 8 heteroatoms. The van der Waals surface area contributed by atoms with Crippen LogP contribution in [0.2, 0.25) is 0 Å². The summed E-state index contributed by atoms with van der Waals surface area (Å²) < 4.78 is 0.697. The summed E-state index contributed by atoms with van der Waals surface area (Å²) in [5.74, 6) is 6.79. The van der Waals surface area contributed by atoms with Crippen molar-refractivity contribution >= 4 is 32.8 Å². The number of halogens is 1. The molecule has 4 aliphatic rings. The third-order valence-electron chi connectivity index (χ3n) is 4.83. The first-order valence-corrected chi connectivity index (χ1v) is 8.27. The third kappa shape index (κ3) is 2.02. The number of nitrogens with two attached hydrogens (primary N) is 1. The van der Waals surface area contributed by atoms with Crippen LogP contribution in [0.3, 0.4) is 0 Å². The number of piperidine rings is 1. The quantitative estimate of drug-likeness (QED) is 0.401. The number of nitrogens with zero attached hydrogens (tertiary/aromatic N) is 4. The molecule has 0 aliphatic carbocycles. The minimum atomic E-state index is 0.0360. The number of rotatable bonds is 1. The molecule has 116 valence electrons. The molecule has 22 heavy (non-hydrogen) atoms. The summed E-state index contributed by atoms with van der Waals surface area (Å²) in [6.45, 7) is 2.03. The second-order valence-corrected chi connectivity index (χ2v) is 6.82. The van der Waals surface area contributed by atoms with Gasteiger partial charge in [0.25, 0.3) is 0 Å². The summed E-state index contributed by atoms with van der Waals surface area (Å²) in [5.41, 5.74) is 1.84. The summed E-state index contributed by atoms with van der Waals surface area (Å²) in [4.78, 5) is 23.0. The predicted octanol–water partition coefficient (Wildman–Crippen LogP) is 0.419. The lowest BCUT2D eigenvalue weighted by molar-refractivity contribution is -0.746. The SMILES string of the molecule is N[N+]12C=CN=CC1=C([C@H]1CC[C@@H]3CNCC(=O)N3C1)N=C2Br. The Kier molecular flexibility index (Phi) is 3.30. The average Bonchev–Trinajstić information content (AvgIpc) is 2.79. The number of carbonyl (C=O) groups excluding carboxylic acids is 1. The molecule has 4 heterocycles. The lowest BCUT2D eigenvalue weighted by Gasteiger charge is -2.42. The van der Waals surface area contributed by atoms with Gasteiger partial charge in [0.1, 0.15) is 11.9 Å². The molecule has 1 unspecified atom stereocenters. The van der Waals surface area contributed by atoms with E-state index in [4.69, 9.17) is 5.84 Å². The van der Waals surface area contributed by atoms with Gasteiger partial charge in [0, 0.05) is 41.0 Å². The van der Waals surface area contributed by atoms with Crippen molar-refractivity contribution in [3.63, 3.8) is 0 Å². The van der Waals surface area contributed by atoms with Crippen LogP contribution in [0, 0.1) is 5.92 Å². The average molecular weight is 366 g/mol. The summed E-state index contributed by atoms with van der Waals surface area (Å²) in [7, 11) is 0. The minimum Gasteiger partial charge on any atom is -0.337 e. The summed E-state index contributed by atoms with van der Waals surface area (Å²) in [6.07, 6.45) is 7.26. The number of quaternary nitrogens is 1. The van der Waals surface area contributed by atoms with Gasteiger partial charge in [0.15, 0.2) is 0 Å². The highest BCUT2D eigenvalue weighted by atomic mass is 79.9. The summed E-state index contributed by atoms with van der Waals surface area (Å²) in [6, 6.07) is 0.314. The second-order valence-electron chi connectivity index (χ2n) is 6.11. The van der Waals surface area contributed by atoms with Gasteiger partial charge in [-0.15, -0.1) is 4.59 Å². The van der Waals surface area contributed by atoms with Gasteiger partial charge in [0.05, 0.1) is 19.0 Å². The number of hydrogen-bond acceptors (Lipinski definition) is 5. The van der Waals surface area contributed by atoms with Gasteiger partial charge in [0.2, 0.25) is 11.6 Å². The Morgan fingerprint density at radius 1 is 1.45 bits per heavy atom. The normalized spacial score (nSPS) is 37.3. The Balaban J connectivity index is 1.65. The van der Waals surface area contributed by atoms with Crippen molar-refractivity contribution in [2.75, 3.05) is 19.6 Å². The van der Waals surface area contributed by atoms with E-state index in [2.05, 4.69) is 31.2 Å². The number of piperazine rings is 1. The molecule has 0 aromatic carbocycles. The van der Waals surface area contributed by atoms with E-state index in [0.29, 0.717) is 23.9 Å². The summed E-state index contributed by atoms with van der Waals surface area (Å²) in [5, 5.41) is 3.18. The van der Waals surface area contributed by atoms with Gasteiger partial charge in [-0.1, -0.05) is 0 Å². The molecule has 1 amide bonds. The Hall–Kier alpha value is -1.35. The fraction of sp³-hybridized carbons (Fsp3) is 0.500. The van der Waals surface area contributed by atoms with Crippen molar-refractivity contribution in [1.82, 2.24) is 10.2 Å². The van der Waals surface area contributed by atoms with E-state index < -0.39 is 0 Å². The Morgan fingerprint density at radius 2 is 2.32 bits per heavy atom. The molecule has 2 fully saturated rings. The van der Waals surface area contributed by atoms with Crippen molar-refractivity contribution in [3.05, 3.63) is 23.8 Å². The van der Waals surface area contributed by atoms with Crippen LogP contribution in [-0.2, 0) is 4.79 Å². The van der Waals surface area contributed by atoms with Crippen LogP contribution in [0.1, 0.15) is 12.8 Å². The van der Waals surface area contributed by atoms with Crippen LogP contribution in [-0.4, -0.2) is 52.0 Å². The largest absolute Gasteiger partial charge is 0.337 e. The van der Waals surface area contributed by atoms with Crippen molar-refractivity contribution in [1.29, 1.82) is 0 Å². The number of aliphatic imine (C=N–C) groups is 2. The molecule has 0 bridgehead atoms. The molecule has 0 spiro atoms. The van der Waals surface area contributed by atoms with E-state index in [1.165, 1.54) is 0 Å². The van der Waals surface area contributed by atoms with Gasteiger partial charge < -0.3 is 10.2 Å². The van der Waals surface area contributed by atoms with Crippen LogP contribution in [0.5, 0.6) is 0 Å². The first kappa shape index (κ1) is 14.3. The highest BCUT2D eigenvalue weighted by Gasteiger charge is 2.46. The molecule has 4 rings (SSSR count). The van der Waals surface area contributed by atoms with Crippen molar-refractivity contribution in [2.45, 2.75) is 18.9 Å². The fourth-order valence-corrected chi connectivity index (χ4v) is 4.11. The smallest absolute Gasteiger partial charge is 0.301 e. The highest BCUT2D eigenvalue weighted by molar-refractivity contribution is 9.18. The van der Waals surface area contributed by atoms with E-state index in [9.17, 15) is 4.79 Å². The fourth-order valence-electron chi connectivity index (χ4n) is 3.60. The molecule has 0 saturated carbocycles. The first-order valence-electron chi connectivity index (χ1n) is 7.47. The predicted molar refractivity (Wildman–Crippen MR) is 86.6 cm³/mol. The first-order chi connectivity index (χ1) is 10.6. The number of amides is 1. The number of allylic oxidation sites excluding steroid dienone is 1. The second kappa shape index (κ2) is 5.09. The van der Waals surface area contributed by atoms with Crippen LogP contribution >= 0.6 is 15.9 Å². The van der Waals surface area contributed by atoms with Gasteiger partial charge in [-0.05, 0) is 12.8 Å². The molecule has 3 atom stereocenters. The zero-order valence-corrected chi connectivity index (χ0v) is 13.7. The van der Waals surface area contributed by atoms with E-state index in [1.807, 2.05) is 4.90 Å². The van der Waals surface area contributed by atoms with Gasteiger partial charge >= 0.3 is 4.74 Å². The molecule has 4 aliphatic heterocycles. The summed E-state index contributed by atoms with van der Waals surface area (Å²) >= 11 is 3.48. The maximum Gasteiger partial charge on any atom is 0.301 e. The van der Waals surface area contributed by atoms with E-state index >= 15 is 0 Å². The molecular formula is C14H18BrN6O+. The van der Waals surface area contributed by atoms with E-state index in [-0.39, 0.29) is 16.4 Å². The number of carbonyl (C=O) groups is 1. The van der Waals surface area contributed by atoms with Crippen molar-refractivity contribution < 1.29 is 9.39 Å². The zero-order chi connectivity index (χ0) is 15.3. The number of fused-ring (bicyclic) bond motifs is 2. The van der Waals surface area contributed by atoms with Gasteiger partial charge in [-0.2, -0.15) is 10.8 Å². The Bertz CT molecular complexity index is 654. The molecule has 0 aromatic heterocycles. The Morgan fingerprint density at radius 3 is 3.18 bits per heavy atom. The minimum absolute atomic E-state index is 0.0360. The number of amidine groups is 1. The van der Waals surface area contributed by atoms with Crippen LogP contribution in [0.15, 0.2) is 33.8 Å². The van der Waals surface area contributed by atoms with Crippen LogP contribution < -0.4 is 11.2 Å². The Labute approximate surface area is 136 Å². The maximum absolute atomic E-state index is 12.1. The zero-order valence-electron chi connectivity index (χ0n) is 12.1. The standard InChI is InChI=1S/C14H18BrN6O/c15-14-19-13(11-6-17-3-4-21(11,14)16)9-1-2-10-5-18-7-12(22)20(10)8-9/h3-4,6,9-10,18H,1-2,5,7-8,16H2/q+1/t9-,10+,21?/m0/s1. The molecule has 7 nitrogen and oxygen atoms in total. The number of hydrogen-bond donors (Lipinski definition) is 2. The van der Waals surface area contributed by atoms with Crippen molar-refractivity contribution in [3.8, 4) is 0 Å². The lowest BCUT2D eigenvalue weighted by Crippen LogP contribution is -2.58. The molecule has 0 aromatic rings. The van der Waals surface area contributed by atoms with Crippen molar-refractivity contribution in [2.24, 2.45) is 21.7 Å². The molecule has 0 radical (unpaired) electrons. The topological polar surface area (TPSA) is 83.1 Å². The van der Waals surface area contributed by atoms with E-state index in [0.717, 1.165) is 30.8 Å². The van der Waals surface area contributed by atoms with E-state index in [1.54, 1.807) is 18.6 Å². The number of nitrogens with one attached hydrogen (secondary N) is 1. The van der Waals surface area contributed by atoms with Crippen LogP contribution in [0.4, 0.5) is 0 Å². The molecular weight excluding hydrogens is 348 g/mol. The third-order valence-corrected chi connectivity index (χ3v) is 5.60. The highest BCUT2D eigenvalue weighted by Crippen LogP contribution is 2.38. The monoisotopic (exact) mass is 365 g/mol. The molecule has 3 N–H and O–H groups in total. The molecule has 2 saturated heterocycles. The van der Waals surface area contributed by atoms with Gasteiger partial charge in [-0.25, -0.2) is 0 Å².